The molecule has 1 aliphatic carbocycles. The number of rotatable bonds is 8. The molecule has 4 heterocycles. The van der Waals surface area contributed by atoms with Crippen molar-refractivity contribution in [3.05, 3.63) is 106 Å². The molecule has 248 valence electrons. The molecule has 3 aromatic heterocycles. The second-order valence-electron chi connectivity index (χ2n) is 13.9. The molecule has 0 N–H and O–H groups in total. The summed E-state index contributed by atoms with van der Waals surface area (Å²) in [6, 6.07) is 16.9. The number of aryl methyl sites for hydroxylation is 2. The molecule has 0 bridgehead atoms. The second-order valence-corrected chi connectivity index (χ2v) is 13.9. The molecule has 7 rings (SSSR count). The van der Waals surface area contributed by atoms with Crippen molar-refractivity contribution in [2.24, 2.45) is 7.05 Å². The summed E-state index contributed by atoms with van der Waals surface area (Å²) in [7, 11) is 1.54. The van der Waals surface area contributed by atoms with E-state index in [9.17, 15) is 13.2 Å². The van der Waals surface area contributed by atoms with Crippen LogP contribution in [0.15, 0.2) is 72.6 Å². The van der Waals surface area contributed by atoms with Crippen molar-refractivity contribution in [3.8, 4) is 22.6 Å². The third-order valence-corrected chi connectivity index (χ3v) is 11.0. The summed E-state index contributed by atoms with van der Waals surface area (Å²) < 4.78 is 63.0. The van der Waals surface area contributed by atoms with Gasteiger partial charge in [-0.25, -0.2) is 4.39 Å². The first-order valence-electron chi connectivity index (χ1n) is 17.0. The Balaban J connectivity index is 1.51. The average Bonchev–Trinajstić information content (AvgIpc) is 3.41. The van der Waals surface area contributed by atoms with E-state index in [1.165, 1.54) is 21.0 Å². The van der Waals surface area contributed by atoms with E-state index in [1.807, 2.05) is 35.0 Å². The standard InChI is InChI=1S/C40H42F4N4/c1-7-10-13-25-15-17-29-35-28(25)19-21-48-37(35)34-26(16-18-30(41)36(34)38(29,4)5)22-27(39(48,8-2)9-3)24-47-20-12-11-14-31(47)32-23-33(40(42,43)44)45-46(32)6/h11-12,14-23H,7-10,13,24H2,1-6H3/q+2. The van der Waals surface area contributed by atoms with E-state index in [0.29, 0.717) is 23.5 Å². The predicted octanol–water partition coefficient (Wildman–Crippen LogP) is 9.23. The third kappa shape index (κ3) is 4.66. The zero-order chi connectivity index (χ0) is 34.2. The summed E-state index contributed by atoms with van der Waals surface area (Å²) >= 11 is 0. The molecule has 0 saturated carbocycles. The van der Waals surface area contributed by atoms with Gasteiger partial charge in [0, 0.05) is 55.1 Å². The zero-order valence-electron chi connectivity index (χ0n) is 28.5. The van der Waals surface area contributed by atoms with Crippen LogP contribution >= 0.6 is 0 Å². The van der Waals surface area contributed by atoms with Crippen LogP contribution in [0.5, 0.6) is 0 Å². The Hall–Kier alpha value is -4.33. The van der Waals surface area contributed by atoms with Crippen LogP contribution in [0.25, 0.3) is 39.5 Å². The molecule has 0 unspecified atom stereocenters. The topological polar surface area (TPSA) is 25.6 Å². The number of alkyl halides is 3. The molecule has 4 nitrogen and oxygen atoms in total. The molecule has 2 aromatic carbocycles. The first kappa shape index (κ1) is 32.2. The van der Waals surface area contributed by atoms with E-state index in [2.05, 4.69) is 74.8 Å². The molecule has 0 radical (unpaired) electrons. The highest BCUT2D eigenvalue weighted by molar-refractivity contribution is 6.03. The van der Waals surface area contributed by atoms with Gasteiger partial charge < -0.3 is 0 Å². The largest absolute Gasteiger partial charge is 0.435 e. The van der Waals surface area contributed by atoms with Crippen molar-refractivity contribution in [2.45, 2.75) is 90.4 Å². The fourth-order valence-corrected chi connectivity index (χ4v) is 8.47. The van der Waals surface area contributed by atoms with Gasteiger partial charge in [0.25, 0.3) is 0 Å². The summed E-state index contributed by atoms with van der Waals surface area (Å²) in [5, 5.41) is 6.22. The quantitative estimate of drug-likeness (QED) is 0.121. The fourth-order valence-electron chi connectivity index (χ4n) is 8.47. The van der Waals surface area contributed by atoms with Gasteiger partial charge in [-0.05, 0) is 53.1 Å². The van der Waals surface area contributed by atoms with E-state index in [-0.39, 0.29) is 5.82 Å². The maximum Gasteiger partial charge on any atom is 0.435 e. The van der Waals surface area contributed by atoms with Gasteiger partial charge in [-0.1, -0.05) is 59.2 Å². The lowest BCUT2D eigenvalue weighted by Crippen LogP contribution is -2.60. The number of unbranched alkanes of at least 4 members (excludes halogenated alkanes) is 1. The number of pyridine rings is 2. The summed E-state index contributed by atoms with van der Waals surface area (Å²) in [5.41, 5.74) is 6.23. The number of aromatic nitrogens is 4. The van der Waals surface area contributed by atoms with Gasteiger partial charge in [0.1, 0.15) is 11.5 Å². The van der Waals surface area contributed by atoms with Crippen LogP contribution in [0.2, 0.25) is 0 Å². The molecule has 8 heteroatoms. The molecule has 5 aromatic rings. The van der Waals surface area contributed by atoms with E-state index >= 15 is 4.39 Å². The van der Waals surface area contributed by atoms with Gasteiger partial charge in [0.05, 0.1) is 16.5 Å². The van der Waals surface area contributed by atoms with Gasteiger partial charge in [-0.3, -0.25) is 4.68 Å². The molecule has 48 heavy (non-hydrogen) atoms. The van der Waals surface area contributed by atoms with Crippen LogP contribution in [0.3, 0.4) is 0 Å². The lowest BCUT2D eigenvalue weighted by molar-refractivity contribution is -0.754. The second kappa shape index (κ2) is 11.4. The Morgan fingerprint density at radius 1 is 0.938 bits per heavy atom. The Bertz CT molecular complexity index is 2110. The molecular weight excluding hydrogens is 612 g/mol. The van der Waals surface area contributed by atoms with Gasteiger partial charge in [0.2, 0.25) is 11.4 Å². The molecular formula is C40H42F4N4+2. The number of halogens is 4. The summed E-state index contributed by atoms with van der Waals surface area (Å²) in [6.07, 6.45) is 6.51. The Morgan fingerprint density at radius 2 is 1.71 bits per heavy atom. The monoisotopic (exact) mass is 654 g/mol. The van der Waals surface area contributed by atoms with Gasteiger partial charge in [-0.15, -0.1) is 0 Å². The smallest absolute Gasteiger partial charge is 0.261 e. The highest BCUT2D eigenvalue weighted by atomic mass is 19.4. The van der Waals surface area contributed by atoms with E-state index in [0.717, 1.165) is 66.1 Å². The van der Waals surface area contributed by atoms with Crippen LogP contribution in [-0.2, 0) is 37.1 Å². The summed E-state index contributed by atoms with van der Waals surface area (Å²) in [5.74, 6) is -0.213. The highest BCUT2D eigenvalue weighted by Gasteiger charge is 2.51. The first-order chi connectivity index (χ1) is 22.9. The summed E-state index contributed by atoms with van der Waals surface area (Å²) in [6.45, 7) is 11.3. The fraction of sp³-hybridized carbons (Fsp3) is 0.375. The lowest BCUT2D eigenvalue weighted by Gasteiger charge is -2.36. The van der Waals surface area contributed by atoms with Crippen molar-refractivity contribution in [3.63, 3.8) is 0 Å². The summed E-state index contributed by atoms with van der Waals surface area (Å²) in [4.78, 5) is 0. The number of hydrogen-bond donors (Lipinski definition) is 0. The van der Waals surface area contributed by atoms with Crippen LogP contribution in [-0.4, -0.2) is 9.78 Å². The normalized spacial score (nSPS) is 15.8. The van der Waals surface area contributed by atoms with Crippen molar-refractivity contribution in [2.75, 3.05) is 0 Å². The van der Waals surface area contributed by atoms with Crippen LogP contribution < -0.4 is 9.13 Å². The molecule has 0 amide bonds. The first-order valence-corrected chi connectivity index (χ1v) is 17.0. The van der Waals surface area contributed by atoms with Gasteiger partial charge >= 0.3 is 6.18 Å². The molecule has 1 aliphatic heterocycles. The van der Waals surface area contributed by atoms with E-state index < -0.39 is 22.8 Å². The van der Waals surface area contributed by atoms with E-state index in [1.54, 1.807) is 13.1 Å². The Morgan fingerprint density at radius 3 is 2.40 bits per heavy atom. The number of nitrogens with zero attached hydrogens (tertiary/aromatic N) is 4. The maximum absolute atomic E-state index is 16.2. The van der Waals surface area contributed by atoms with Gasteiger partial charge in [0.15, 0.2) is 30.2 Å². The molecule has 0 saturated heterocycles. The minimum absolute atomic E-state index is 0.213. The van der Waals surface area contributed by atoms with Crippen molar-refractivity contribution >= 4 is 16.8 Å². The minimum atomic E-state index is -4.55. The minimum Gasteiger partial charge on any atom is -0.261 e. The number of allylic oxidation sites excluding steroid dienone is 1. The average molecular weight is 655 g/mol. The van der Waals surface area contributed by atoms with Crippen molar-refractivity contribution in [1.29, 1.82) is 0 Å². The molecule has 0 atom stereocenters. The highest BCUT2D eigenvalue weighted by Crippen LogP contribution is 2.52. The lowest BCUT2D eigenvalue weighted by atomic mass is 9.68. The van der Waals surface area contributed by atoms with Crippen LogP contribution in [0.1, 0.15) is 88.2 Å². The SMILES string of the molecule is CCCCc1ccc2c3c4[n+](ccc13)C(CC)(CC)C(C[n+]1ccccc1-c1cc(C(F)(F)F)nn1C)=Cc1ccc(F)c(c1-4)C2(C)C. The van der Waals surface area contributed by atoms with Crippen LogP contribution in [0, 0.1) is 5.82 Å². The zero-order valence-corrected chi connectivity index (χ0v) is 28.5. The van der Waals surface area contributed by atoms with E-state index in [4.69, 9.17) is 0 Å². The van der Waals surface area contributed by atoms with Crippen molar-refractivity contribution < 1.29 is 26.7 Å². The molecule has 0 fully saturated rings. The Labute approximate surface area is 279 Å². The molecule has 0 spiro atoms. The molecule has 2 aliphatic rings. The Kier molecular flexibility index (Phi) is 7.64. The number of hydrogen-bond acceptors (Lipinski definition) is 1. The van der Waals surface area contributed by atoms with Crippen molar-refractivity contribution in [1.82, 2.24) is 9.78 Å². The van der Waals surface area contributed by atoms with Gasteiger partial charge in [-0.2, -0.15) is 27.4 Å². The maximum atomic E-state index is 16.2. The third-order valence-electron chi connectivity index (χ3n) is 11.0. The predicted molar refractivity (Wildman–Crippen MR) is 181 cm³/mol. The van der Waals surface area contributed by atoms with Crippen LogP contribution in [0.4, 0.5) is 17.6 Å². The number of benzene rings is 2.